The van der Waals surface area contributed by atoms with Crippen molar-refractivity contribution in [2.24, 2.45) is 0 Å². The molecule has 3 rings (SSSR count). The van der Waals surface area contributed by atoms with Crippen molar-refractivity contribution in [2.75, 3.05) is 11.5 Å². The first-order chi connectivity index (χ1) is 13.3. The highest BCUT2D eigenvalue weighted by atomic mass is 35.5. The lowest BCUT2D eigenvalue weighted by atomic mass is 10.0. The summed E-state index contributed by atoms with van der Waals surface area (Å²) < 4.78 is 6.38. The third kappa shape index (κ3) is 4.11. The number of anilines is 2. The first-order valence-electron chi connectivity index (χ1n) is 8.14. The highest BCUT2D eigenvalue weighted by Gasteiger charge is 2.16. The highest BCUT2D eigenvalue weighted by molar-refractivity contribution is 6.42. The van der Waals surface area contributed by atoms with Gasteiger partial charge in [0, 0.05) is 17.2 Å². The molecule has 0 aliphatic rings. The maximum absolute atomic E-state index is 11.4. The summed E-state index contributed by atoms with van der Waals surface area (Å²) in [4.78, 5) is 8.29. The van der Waals surface area contributed by atoms with Crippen LogP contribution in [0.15, 0.2) is 36.4 Å². The molecule has 0 aliphatic heterocycles. The van der Waals surface area contributed by atoms with E-state index in [1.807, 2.05) is 0 Å². The number of ether oxygens (including phenoxy) is 1. The van der Waals surface area contributed by atoms with E-state index in [0.29, 0.717) is 43.0 Å². The molecule has 0 amide bonds. The van der Waals surface area contributed by atoms with E-state index in [9.17, 15) is 5.21 Å². The molecule has 2 aromatic carbocycles. The number of nitrogen functional groups attached to an aromatic ring is 2. The molecular weight excluding hydrogens is 401 g/mol. The van der Waals surface area contributed by atoms with Crippen LogP contribution in [0.5, 0.6) is 5.75 Å². The molecule has 1 heterocycles. The van der Waals surface area contributed by atoms with E-state index < -0.39 is 0 Å². The van der Waals surface area contributed by atoms with Gasteiger partial charge in [0.15, 0.2) is 0 Å². The highest BCUT2D eigenvalue weighted by Crippen LogP contribution is 2.34. The lowest BCUT2D eigenvalue weighted by Crippen LogP contribution is -2.09. The average molecular weight is 418 g/mol. The molecule has 1 aromatic heterocycles. The molecule has 0 atom stereocenters. The maximum Gasteiger partial charge on any atom is 0.222 e. The molecule has 3 aromatic rings. The molecule has 0 bridgehead atoms. The molecule has 0 radical (unpaired) electrons. The Morgan fingerprint density at radius 1 is 1.11 bits per heavy atom. The molecular formula is C19H17Cl2N5O2. The Kier molecular flexibility index (Phi) is 5.58. The first kappa shape index (κ1) is 19.7. The zero-order valence-electron chi connectivity index (χ0n) is 14.9. The Hall–Kier alpha value is -3.03. The minimum atomic E-state index is 0.0329. The van der Waals surface area contributed by atoms with Gasteiger partial charge >= 0.3 is 0 Å². The van der Waals surface area contributed by atoms with E-state index >= 15 is 0 Å². The van der Waals surface area contributed by atoms with Crippen molar-refractivity contribution in [3.05, 3.63) is 62.9 Å². The monoisotopic (exact) mass is 417 g/mol. The Bertz CT molecular complexity index is 1070. The fourth-order valence-electron chi connectivity index (χ4n) is 2.77. The van der Waals surface area contributed by atoms with Gasteiger partial charge in [0.05, 0.1) is 15.7 Å². The van der Waals surface area contributed by atoms with Crippen molar-refractivity contribution in [1.29, 1.82) is 0 Å². The number of aryl methyl sites for hydroxylation is 1. The fourth-order valence-corrected chi connectivity index (χ4v) is 3.06. The van der Waals surface area contributed by atoms with Gasteiger partial charge in [-0.2, -0.15) is 9.72 Å². The molecule has 9 heteroatoms. The predicted molar refractivity (Wildman–Crippen MR) is 112 cm³/mol. The summed E-state index contributed by atoms with van der Waals surface area (Å²) in [5.74, 6) is 0.791. The second-order valence-electron chi connectivity index (χ2n) is 6.03. The summed E-state index contributed by atoms with van der Waals surface area (Å²) in [5, 5.41) is 12.2. The summed E-state index contributed by atoms with van der Waals surface area (Å²) in [6.45, 7) is 5.21. The number of nitrogens with two attached hydrogens (primary N) is 2. The second kappa shape index (κ2) is 7.92. The van der Waals surface area contributed by atoms with Crippen molar-refractivity contribution in [3.63, 3.8) is 0 Å². The summed E-state index contributed by atoms with van der Waals surface area (Å²) in [6.07, 6.45) is 0. The van der Waals surface area contributed by atoms with Crippen molar-refractivity contribution in [3.8, 4) is 16.9 Å². The third-order valence-electron chi connectivity index (χ3n) is 4.05. The topological polar surface area (TPSA) is 113 Å². The lowest BCUT2D eigenvalue weighted by Gasteiger charge is -2.14. The Morgan fingerprint density at radius 3 is 2.50 bits per heavy atom. The van der Waals surface area contributed by atoms with Gasteiger partial charge in [-0.15, -0.1) is 0 Å². The standard InChI is InChI=1S/C19H17Cl2N5O2/c1-10-7-12(4-6-16(10)26(2)27)28-9-15-17(18(22)25-19(23)24-15)11-3-5-13(20)14(21)8-11/h3-8H,2,9H2,1H3,(H4,22,23,24,25). The van der Waals surface area contributed by atoms with Crippen LogP contribution in [0.1, 0.15) is 11.3 Å². The van der Waals surface area contributed by atoms with Crippen LogP contribution in [-0.4, -0.2) is 21.4 Å². The van der Waals surface area contributed by atoms with Crippen LogP contribution in [0.25, 0.3) is 11.1 Å². The van der Waals surface area contributed by atoms with Crippen LogP contribution >= 0.6 is 23.2 Å². The molecule has 28 heavy (non-hydrogen) atoms. The molecule has 0 aliphatic carbocycles. The van der Waals surface area contributed by atoms with Gasteiger partial charge in [0.2, 0.25) is 11.6 Å². The van der Waals surface area contributed by atoms with Gasteiger partial charge in [-0.25, -0.2) is 4.98 Å². The van der Waals surface area contributed by atoms with Crippen LogP contribution < -0.4 is 16.2 Å². The SMILES string of the molecule is C=[N+]([O-])c1ccc(OCc2nc(N)nc(N)c2-c2ccc(Cl)c(Cl)c2)cc1C. The van der Waals surface area contributed by atoms with Gasteiger partial charge in [0.1, 0.15) is 24.9 Å². The van der Waals surface area contributed by atoms with E-state index in [1.54, 1.807) is 43.3 Å². The van der Waals surface area contributed by atoms with Crippen molar-refractivity contribution in [1.82, 2.24) is 9.97 Å². The number of aromatic nitrogens is 2. The van der Waals surface area contributed by atoms with Crippen molar-refractivity contribution in [2.45, 2.75) is 13.5 Å². The normalized spacial score (nSPS) is 10.7. The smallest absolute Gasteiger partial charge is 0.222 e. The Labute approximate surface area is 171 Å². The van der Waals surface area contributed by atoms with Crippen LogP contribution in [0, 0.1) is 12.1 Å². The molecule has 0 fully saturated rings. The first-order valence-corrected chi connectivity index (χ1v) is 8.90. The second-order valence-corrected chi connectivity index (χ2v) is 6.85. The van der Waals surface area contributed by atoms with Crippen LogP contribution in [0.3, 0.4) is 0 Å². The summed E-state index contributed by atoms with van der Waals surface area (Å²) in [7, 11) is 0. The van der Waals surface area contributed by atoms with Gasteiger partial charge < -0.3 is 21.4 Å². The number of hydrogen-bond donors (Lipinski definition) is 2. The van der Waals surface area contributed by atoms with E-state index in [4.69, 9.17) is 39.4 Å². The third-order valence-corrected chi connectivity index (χ3v) is 4.79. The zero-order valence-corrected chi connectivity index (χ0v) is 16.5. The summed E-state index contributed by atoms with van der Waals surface area (Å²) >= 11 is 12.1. The number of rotatable bonds is 5. The molecule has 4 N–H and O–H groups in total. The van der Waals surface area contributed by atoms with Gasteiger partial charge in [-0.1, -0.05) is 29.3 Å². The minimum Gasteiger partial charge on any atom is -0.619 e. The predicted octanol–water partition coefficient (Wildman–Crippen LogP) is 4.34. The molecule has 7 nitrogen and oxygen atoms in total. The molecule has 0 spiro atoms. The van der Waals surface area contributed by atoms with E-state index in [2.05, 4.69) is 16.7 Å². The quantitative estimate of drug-likeness (QED) is 0.276. The molecule has 0 saturated heterocycles. The van der Waals surface area contributed by atoms with Gasteiger partial charge in [-0.3, -0.25) is 0 Å². The number of nitrogens with zero attached hydrogens (tertiary/aromatic N) is 3. The molecule has 144 valence electrons. The van der Waals surface area contributed by atoms with Crippen LogP contribution in [0.2, 0.25) is 10.0 Å². The van der Waals surface area contributed by atoms with Gasteiger partial charge in [0.25, 0.3) is 0 Å². The number of hydrogen-bond acceptors (Lipinski definition) is 6. The largest absolute Gasteiger partial charge is 0.619 e. The fraction of sp³-hybridized carbons (Fsp3) is 0.105. The summed E-state index contributed by atoms with van der Waals surface area (Å²) in [6, 6.07) is 10.1. The van der Waals surface area contributed by atoms with Crippen LogP contribution in [0.4, 0.5) is 17.5 Å². The van der Waals surface area contributed by atoms with Crippen molar-refractivity contribution >= 4 is 47.4 Å². The van der Waals surface area contributed by atoms with E-state index in [0.717, 1.165) is 5.56 Å². The number of benzene rings is 2. The zero-order chi connectivity index (χ0) is 20.4. The van der Waals surface area contributed by atoms with E-state index in [1.165, 1.54) is 0 Å². The van der Waals surface area contributed by atoms with Gasteiger partial charge in [-0.05, 0) is 36.8 Å². The average Bonchev–Trinajstić information content (AvgIpc) is 2.62. The van der Waals surface area contributed by atoms with Crippen LogP contribution in [-0.2, 0) is 6.61 Å². The maximum atomic E-state index is 11.4. The lowest BCUT2D eigenvalue weighted by molar-refractivity contribution is -0.350. The summed E-state index contributed by atoms with van der Waals surface area (Å²) in [5.41, 5.74) is 14.8. The Balaban J connectivity index is 1.95. The molecule has 0 saturated carbocycles. The van der Waals surface area contributed by atoms with Crippen molar-refractivity contribution < 1.29 is 9.48 Å². The minimum absolute atomic E-state index is 0.0329. The molecule has 0 unspecified atom stereocenters. The number of halogens is 2. The van der Waals surface area contributed by atoms with E-state index in [-0.39, 0.29) is 18.4 Å². The Morgan fingerprint density at radius 2 is 1.86 bits per heavy atom.